The van der Waals surface area contributed by atoms with Crippen molar-refractivity contribution in [1.29, 1.82) is 0 Å². The van der Waals surface area contributed by atoms with Crippen molar-refractivity contribution >= 4 is 17.3 Å². The van der Waals surface area contributed by atoms with E-state index in [1.165, 1.54) is 12.1 Å². The predicted octanol–water partition coefficient (Wildman–Crippen LogP) is 0.700. The molecular formula is C17H24N4O4. The van der Waals surface area contributed by atoms with Crippen molar-refractivity contribution in [3.63, 3.8) is 0 Å². The van der Waals surface area contributed by atoms with Gasteiger partial charge in [0.05, 0.1) is 17.6 Å². The van der Waals surface area contributed by atoms with Crippen LogP contribution in [0.3, 0.4) is 0 Å². The fourth-order valence-electron chi connectivity index (χ4n) is 3.47. The summed E-state index contributed by atoms with van der Waals surface area (Å²) in [5, 5.41) is 20.4. The first-order chi connectivity index (χ1) is 12.0. The highest BCUT2D eigenvalue weighted by Gasteiger charge is 2.25. The van der Waals surface area contributed by atoms with Gasteiger partial charge < -0.3 is 14.9 Å². The number of non-ortho nitro benzene ring substituents is 1. The molecule has 25 heavy (non-hydrogen) atoms. The van der Waals surface area contributed by atoms with Crippen LogP contribution in [0.25, 0.3) is 0 Å². The fourth-order valence-corrected chi connectivity index (χ4v) is 3.47. The van der Waals surface area contributed by atoms with Gasteiger partial charge in [-0.3, -0.25) is 19.8 Å². The maximum atomic E-state index is 12.4. The number of rotatable bonds is 4. The van der Waals surface area contributed by atoms with Crippen molar-refractivity contribution in [2.75, 3.05) is 50.7 Å². The van der Waals surface area contributed by atoms with Gasteiger partial charge in [-0.15, -0.1) is 0 Å². The smallest absolute Gasteiger partial charge is 0.269 e. The number of likely N-dealkylation sites (tertiary alicyclic amines) is 1. The summed E-state index contributed by atoms with van der Waals surface area (Å²) in [4.78, 5) is 28.8. The summed E-state index contributed by atoms with van der Waals surface area (Å²) in [7, 11) is 0. The molecule has 3 rings (SSSR count). The van der Waals surface area contributed by atoms with Gasteiger partial charge in [-0.1, -0.05) is 0 Å². The molecular weight excluding hydrogens is 324 g/mol. The number of hydrogen-bond acceptors (Lipinski definition) is 6. The second kappa shape index (κ2) is 7.79. The number of nitro groups is 1. The number of carbonyl (C=O) groups excluding carboxylic acids is 1. The van der Waals surface area contributed by atoms with Crippen LogP contribution in [0.5, 0.6) is 0 Å². The molecule has 1 N–H and O–H groups in total. The molecule has 0 spiro atoms. The van der Waals surface area contributed by atoms with Crippen molar-refractivity contribution in [3.05, 3.63) is 34.4 Å². The summed E-state index contributed by atoms with van der Waals surface area (Å²) >= 11 is 0. The second-order valence-electron chi connectivity index (χ2n) is 6.67. The number of hydrogen-bond donors (Lipinski definition) is 1. The van der Waals surface area contributed by atoms with E-state index in [1.54, 1.807) is 12.1 Å². The van der Waals surface area contributed by atoms with E-state index in [0.29, 0.717) is 39.3 Å². The molecule has 2 fully saturated rings. The standard InChI is InChI=1S/C17H24N4O4/c22-16-2-1-7-18(12-16)13-17(23)20-10-8-19(9-11-20)14-3-5-15(6-4-14)21(24)25/h3-6,16,22H,1-2,7-13H2/t16-/m1/s1. The van der Waals surface area contributed by atoms with Crippen molar-refractivity contribution in [2.45, 2.75) is 18.9 Å². The molecule has 0 bridgehead atoms. The van der Waals surface area contributed by atoms with Gasteiger partial charge in [0.2, 0.25) is 5.91 Å². The number of carbonyl (C=O) groups is 1. The summed E-state index contributed by atoms with van der Waals surface area (Å²) in [5.74, 6) is 0.109. The molecule has 1 amide bonds. The molecule has 0 aromatic heterocycles. The van der Waals surface area contributed by atoms with Crippen molar-refractivity contribution in [2.24, 2.45) is 0 Å². The number of benzene rings is 1. The maximum absolute atomic E-state index is 12.4. The van der Waals surface area contributed by atoms with Crippen molar-refractivity contribution < 1.29 is 14.8 Å². The van der Waals surface area contributed by atoms with Gasteiger partial charge in [0.25, 0.3) is 5.69 Å². The Kier molecular flexibility index (Phi) is 5.50. The number of piperazine rings is 1. The lowest BCUT2D eigenvalue weighted by Gasteiger charge is -2.37. The van der Waals surface area contributed by atoms with Crippen LogP contribution in [0.1, 0.15) is 12.8 Å². The molecule has 0 radical (unpaired) electrons. The van der Waals surface area contributed by atoms with Gasteiger partial charge in [-0.2, -0.15) is 0 Å². The van der Waals surface area contributed by atoms with Crippen molar-refractivity contribution in [3.8, 4) is 0 Å². The summed E-state index contributed by atoms with van der Waals surface area (Å²) in [6, 6.07) is 6.53. The van der Waals surface area contributed by atoms with Gasteiger partial charge >= 0.3 is 0 Å². The van der Waals surface area contributed by atoms with E-state index in [2.05, 4.69) is 4.90 Å². The molecule has 1 aromatic carbocycles. The van der Waals surface area contributed by atoms with Crippen LogP contribution in [-0.4, -0.2) is 77.7 Å². The largest absolute Gasteiger partial charge is 0.392 e. The fraction of sp³-hybridized carbons (Fsp3) is 0.588. The maximum Gasteiger partial charge on any atom is 0.269 e. The Morgan fingerprint density at radius 3 is 2.44 bits per heavy atom. The number of aliphatic hydroxyl groups excluding tert-OH is 1. The lowest BCUT2D eigenvalue weighted by Crippen LogP contribution is -2.52. The Morgan fingerprint density at radius 2 is 1.84 bits per heavy atom. The molecule has 2 aliphatic heterocycles. The molecule has 2 aliphatic rings. The average molecular weight is 348 g/mol. The van der Waals surface area contributed by atoms with Gasteiger partial charge in [-0.25, -0.2) is 0 Å². The minimum Gasteiger partial charge on any atom is -0.392 e. The van der Waals surface area contributed by atoms with E-state index >= 15 is 0 Å². The highest BCUT2D eigenvalue weighted by atomic mass is 16.6. The highest BCUT2D eigenvalue weighted by Crippen LogP contribution is 2.20. The Balaban J connectivity index is 1.49. The van der Waals surface area contributed by atoms with Crippen LogP contribution in [0.2, 0.25) is 0 Å². The molecule has 0 unspecified atom stereocenters. The Hall–Kier alpha value is -2.19. The quantitative estimate of drug-likeness (QED) is 0.636. The number of anilines is 1. The molecule has 1 atom stereocenters. The molecule has 8 heteroatoms. The number of piperidine rings is 1. The number of aliphatic hydroxyl groups is 1. The van der Waals surface area contributed by atoms with Crippen LogP contribution in [0, 0.1) is 10.1 Å². The lowest BCUT2D eigenvalue weighted by atomic mass is 10.1. The number of β-amino-alcohol motifs (C(OH)–C–C–N with tert-alkyl or cyclic N) is 1. The lowest BCUT2D eigenvalue weighted by molar-refractivity contribution is -0.384. The third kappa shape index (κ3) is 4.46. The van der Waals surface area contributed by atoms with Crippen LogP contribution < -0.4 is 4.90 Å². The zero-order chi connectivity index (χ0) is 17.8. The topological polar surface area (TPSA) is 90.2 Å². The van der Waals surface area contributed by atoms with Gasteiger partial charge in [0.1, 0.15) is 0 Å². The highest BCUT2D eigenvalue weighted by molar-refractivity contribution is 5.78. The molecule has 1 aromatic rings. The van der Waals surface area contributed by atoms with Crippen molar-refractivity contribution in [1.82, 2.24) is 9.80 Å². The molecule has 2 saturated heterocycles. The molecule has 0 saturated carbocycles. The molecule has 0 aliphatic carbocycles. The molecule has 136 valence electrons. The number of nitro benzene ring substituents is 1. The summed E-state index contributed by atoms with van der Waals surface area (Å²) in [6.07, 6.45) is 1.43. The Bertz CT molecular complexity index is 614. The third-order valence-electron chi connectivity index (χ3n) is 4.90. The zero-order valence-electron chi connectivity index (χ0n) is 14.2. The van der Waals surface area contributed by atoms with E-state index in [-0.39, 0.29) is 17.7 Å². The van der Waals surface area contributed by atoms with Gasteiger partial charge in [-0.05, 0) is 31.5 Å². The average Bonchev–Trinajstić information content (AvgIpc) is 2.62. The van der Waals surface area contributed by atoms with E-state index in [9.17, 15) is 20.0 Å². The van der Waals surface area contributed by atoms with Crippen LogP contribution >= 0.6 is 0 Å². The first-order valence-electron chi connectivity index (χ1n) is 8.70. The predicted molar refractivity (Wildman–Crippen MR) is 93.6 cm³/mol. The summed E-state index contributed by atoms with van der Waals surface area (Å²) in [6.45, 7) is 4.53. The third-order valence-corrected chi connectivity index (χ3v) is 4.90. The first-order valence-corrected chi connectivity index (χ1v) is 8.70. The van der Waals surface area contributed by atoms with Crippen LogP contribution in [0.4, 0.5) is 11.4 Å². The van der Waals surface area contributed by atoms with E-state index in [4.69, 9.17) is 0 Å². The second-order valence-corrected chi connectivity index (χ2v) is 6.67. The Labute approximate surface area is 146 Å². The Morgan fingerprint density at radius 1 is 1.16 bits per heavy atom. The van der Waals surface area contributed by atoms with Gasteiger partial charge in [0.15, 0.2) is 0 Å². The minimum absolute atomic E-state index is 0.0845. The molecule has 8 nitrogen and oxygen atoms in total. The number of nitrogens with zero attached hydrogens (tertiary/aromatic N) is 4. The van der Waals surface area contributed by atoms with E-state index < -0.39 is 4.92 Å². The first kappa shape index (κ1) is 17.6. The zero-order valence-corrected chi connectivity index (χ0v) is 14.2. The summed E-state index contributed by atoms with van der Waals surface area (Å²) in [5.41, 5.74) is 1.03. The van der Waals surface area contributed by atoms with Crippen LogP contribution in [-0.2, 0) is 4.79 Å². The SMILES string of the molecule is O=C(CN1CCC[C@@H](O)C1)N1CCN(c2ccc([N+](=O)[O-])cc2)CC1. The summed E-state index contributed by atoms with van der Waals surface area (Å²) < 4.78 is 0. The monoisotopic (exact) mass is 348 g/mol. The minimum atomic E-state index is -0.405. The number of amides is 1. The van der Waals surface area contributed by atoms with Crippen LogP contribution in [0.15, 0.2) is 24.3 Å². The normalized spacial score (nSPS) is 22.0. The van der Waals surface area contributed by atoms with E-state index in [1.807, 2.05) is 9.80 Å². The van der Waals surface area contributed by atoms with Gasteiger partial charge in [0, 0.05) is 50.5 Å². The molecule has 2 heterocycles. The van der Waals surface area contributed by atoms with E-state index in [0.717, 1.165) is 25.1 Å².